The molecule has 25 heavy (non-hydrogen) atoms. The van der Waals surface area contributed by atoms with Crippen molar-refractivity contribution in [2.45, 2.75) is 12.8 Å². The predicted octanol–water partition coefficient (Wildman–Crippen LogP) is 3.05. The Morgan fingerprint density at radius 2 is 1.72 bits per heavy atom. The minimum Gasteiger partial charge on any atom is -0.272 e. The van der Waals surface area contributed by atoms with Crippen molar-refractivity contribution in [2.75, 3.05) is 5.43 Å². The lowest BCUT2D eigenvalue weighted by molar-refractivity contribution is -0.393. The summed E-state index contributed by atoms with van der Waals surface area (Å²) >= 11 is 0. The molecule has 5 fully saturated rings. The molecule has 8 atom stereocenters. The summed E-state index contributed by atoms with van der Waals surface area (Å²) in [6, 6.07) is 3.64. The van der Waals surface area contributed by atoms with E-state index < -0.39 is 9.85 Å². The first kappa shape index (κ1) is 13.7. The van der Waals surface area contributed by atoms with Crippen LogP contribution >= 0.6 is 0 Å². The van der Waals surface area contributed by atoms with Gasteiger partial charge in [0.2, 0.25) is 0 Å². The number of nitro benzene ring substituents is 2. The van der Waals surface area contributed by atoms with Gasteiger partial charge in [-0.2, -0.15) is 5.10 Å². The molecule has 0 spiro atoms. The van der Waals surface area contributed by atoms with Crippen molar-refractivity contribution in [3.05, 3.63) is 38.4 Å². The number of hydrazone groups is 1. The molecule has 1 aromatic carbocycles. The van der Waals surface area contributed by atoms with E-state index in [4.69, 9.17) is 0 Å². The molecule has 0 radical (unpaired) electrons. The highest BCUT2D eigenvalue weighted by Crippen LogP contribution is 2.81. The molecule has 8 heteroatoms. The number of hydrogen-bond donors (Lipinski definition) is 1. The largest absolute Gasteiger partial charge is 0.301 e. The molecule has 5 aliphatic carbocycles. The number of nitro groups is 2. The molecular weight excluding hydrogens is 324 g/mol. The third-order valence-electron chi connectivity index (χ3n) is 7.74. The molecule has 0 heterocycles. The molecule has 8 unspecified atom stereocenters. The fourth-order valence-electron chi connectivity index (χ4n) is 7.29. The molecule has 1 N–H and O–H groups in total. The van der Waals surface area contributed by atoms with Crippen LogP contribution in [0, 0.1) is 67.6 Å². The SMILES string of the molecule is O=[N+]([O-])c1ccc(NN=C2C3C4CC5C2C2C3CC4C52)c([N+](=O)[O-])c1. The van der Waals surface area contributed by atoms with Gasteiger partial charge in [-0.3, -0.25) is 25.7 Å². The number of rotatable bonds is 4. The second-order valence-corrected chi connectivity index (χ2v) is 8.20. The van der Waals surface area contributed by atoms with E-state index in [1.165, 1.54) is 30.7 Å². The summed E-state index contributed by atoms with van der Waals surface area (Å²) in [5.41, 5.74) is 3.73. The molecule has 128 valence electrons. The Morgan fingerprint density at radius 3 is 2.48 bits per heavy atom. The highest BCUT2D eigenvalue weighted by atomic mass is 16.6. The Hall–Kier alpha value is -2.51. The van der Waals surface area contributed by atoms with E-state index in [1.807, 2.05) is 0 Å². The molecule has 0 amide bonds. The average molecular weight is 340 g/mol. The van der Waals surface area contributed by atoms with Crippen LogP contribution in [0.3, 0.4) is 0 Å². The van der Waals surface area contributed by atoms with E-state index in [2.05, 4.69) is 10.5 Å². The maximum atomic E-state index is 11.3. The van der Waals surface area contributed by atoms with Gasteiger partial charge >= 0.3 is 5.69 Å². The maximum absolute atomic E-state index is 11.3. The standard InChI is InChI=1S/C17H16N4O4/c22-20(23)6-1-2-11(12(3-6)21(24)25)18-19-17-14-8-5-9-13-7(8)4-10(14)15(13)16(9)17/h1-3,7-10,13-16,18H,4-5H2. The second kappa shape index (κ2) is 4.17. The Bertz CT molecular complexity index is 877. The van der Waals surface area contributed by atoms with Crippen LogP contribution in [-0.4, -0.2) is 15.6 Å². The number of anilines is 1. The molecule has 0 saturated heterocycles. The number of nitrogens with one attached hydrogen (secondary N) is 1. The second-order valence-electron chi connectivity index (χ2n) is 8.20. The summed E-state index contributed by atoms with van der Waals surface area (Å²) in [7, 11) is 0. The van der Waals surface area contributed by atoms with Crippen molar-refractivity contribution < 1.29 is 9.85 Å². The van der Waals surface area contributed by atoms with Crippen LogP contribution in [0.2, 0.25) is 0 Å². The highest BCUT2D eigenvalue weighted by Gasteiger charge is 2.79. The monoisotopic (exact) mass is 340 g/mol. The summed E-state index contributed by atoms with van der Waals surface area (Å²) < 4.78 is 0. The minimum absolute atomic E-state index is 0.224. The van der Waals surface area contributed by atoms with E-state index in [0.29, 0.717) is 11.8 Å². The molecule has 8 nitrogen and oxygen atoms in total. The van der Waals surface area contributed by atoms with Crippen molar-refractivity contribution in [2.24, 2.45) is 52.4 Å². The fourth-order valence-corrected chi connectivity index (χ4v) is 7.29. The van der Waals surface area contributed by atoms with Gasteiger partial charge in [-0.1, -0.05) is 0 Å². The normalized spacial score (nSPS) is 45.2. The number of nitrogens with zero attached hydrogens (tertiary/aromatic N) is 3. The summed E-state index contributed by atoms with van der Waals surface area (Å²) in [6.45, 7) is 0. The van der Waals surface area contributed by atoms with Crippen LogP contribution in [-0.2, 0) is 0 Å². The molecule has 2 bridgehead atoms. The minimum atomic E-state index is -0.627. The van der Waals surface area contributed by atoms with E-state index >= 15 is 0 Å². The van der Waals surface area contributed by atoms with Crippen LogP contribution in [0.4, 0.5) is 17.1 Å². The van der Waals surface area contributed by atoms with Crippen LogP contribution in [0.15, 0.2) is 23.3 Å². The van der Waals surface area contributed by atoms with E-state index in [1.54, 1.807) is 0 Å². The quantitative estimate of drug-likeness (QED) is 0.669. The van der Waals surface area contributed by atoms with E-state index in [0.717, 1.165) is 41.6 Å². The Balaban J connectivity index is 1.34. The number of hydrogen-bond acceptors (Lipinski definition) is 6. The van der Waals surface area contributed by atoms with Gasteiger partial charge < -0.3 is 0 Å². The number of fused-ring (bicyclic) bond motifs is 2. The van der Waals surface area contributed by atoms with Gasteiger partial charge in [-0.25, -0.2) is 0 Å². The lowest BCUT2D eigenvalue weighted by atomic mass is 9.59. The zero-order valence-electron chi connectivity index (χ0n) is 13.2. The molecule has 0 aromatic heterocycles. The smallest absolute Gasteiger partial charge is 0.272 e. The van der Waals surface area contributed by atoms with Gasteiger partial charge in [0.15, 0.2) is 0 Å². The van der Waals surface area contributed by atoms with Crippen LogP contribution in [0.25, 0.3) is 0 Å². The summed E-state index contributed by atoms with van der Waals surface area (Å²) in [5.74, 6) is 6.15. The van der Waals surface area contributed by atoms with Crippen LogP contribution in [0.1, 0.15) is 12.8 Å². The van der Waals surface area contributed by atoms with Crippen molar-refractivity contribution in [3.63, 3.8) is 0 Å². The van der Waals surface area contributed by atoms with Crippen molar-refractivity contribution in [1.29, 1.82) is 0 Å². The van der Waals surface area contributed by atoms with Gasteiger partial charge in [0.25, 0.3) is 5.69 Å². The number of non-ortho nitro benzene ring substituents is 1. The van der Waals surface area contributed by atoms with Gasteiger partial charge in [0.05, 0.1) is 15.9 Å². The zero-order chi connectivity index (χ0) is 17.0. The summed E-state index contributed by atoms with van der Waals surface area (Å²) in [4.78, 5) is 20.9. The zero-order valence-corrected chi connectivity index (χ0v) is 13.2. The Kier molecular flexibility index (Phi) is 2.29. The van der Waals surface area contributed by atoms with Crippen molar-refractivity contribution in [3.8, 4) is 0 Å². The first-order valence-corrected chi connectivity index (χ1v) is 8.82. The van der Waals surface area contributed by atoms with Gasteiger partial charge in [0.1, 0.15) is 5.69 Å². The maximum Gasteiger partial charge on any atom is 0.301 e. The number of benzene rings is 1. The summed E-state index contributed by atoms with van der Waals surface area (Å²) in [6.07, 6.45) is 2.71. The molecule has 6 rings (SSSR count). The molecule has 5 saturated carbocycles. The van der Waals surface area contributed by atoms with Gasteiger partial charge in [-0.05, 0) is 54.4 Å². The fraction of sp³-hybridized carbons (Fsp3) is 0.588. The molecule has 0 aliphatic heterocycles. The average Bonchev–Trinajstić information content (AvgIpc) is 3.12. The highest BCUT2D eigenvalue weighted by molar-refractivity contribution is 5.96. The first-order chi connectivity index (χ1) is 12.1. The van der Waals surface area contributed by atoms with Crippen LogP contribution < -0.4 is 5.43 Å². The molecule has 1 aromatic rings. The van der Waals surface area contributed by atoms with Gasteiger partial charge in [0, 0.05) is 23.6 Å². The lowest BCUT2D eigenvalue weighted by Crippen LogP contribution is -2.44. The van der Waals surface area contributed by atoms with Crippen LogP contribution in [0.5, 0.6) is 0 Å². The topological polar surface area (TPSA) is 111 Å². The first-order valence-electron chi connectivity index (χ1n) is 8.82. The predicted molar refractivity (Wildman–Crippen MR) is 88.0 cm³/mol. The third kappa shape index (κ3) is 1.43. The van der Waals surface area contributed by atoms with E-state index in [9.17, 15) is 20.2 Å². The lowest BCUT2D eigenvalue weighted by Gasteiger charge is -2.44. The van der Waals surface area contributed by atoms with Gasteiger partial charge in [-0.15, -0.1) is 0 Å². The van der Waals surface area contributed by atoms with Crippen molar-refractivity contribution in [1.82, 2.24) is 0 Å². The summed E-state index contributed by atoms with van der Waals surface area (Å²) in [5, 5.41) is 26.7. The third-order valence-corrected chi connectivity index (χ3v) is 7.74. The van der Waals surface area contributed by atoms with E-state index in [-0.39, 0.29) is 17.1 Å². The molecule has 5 aliphatic rings. The Labute approximate surface area is 142 Å². The molecular formula is C17H16N4O4. The van der Waals surface area contributed by atoms with Crippen molar-refractivity contribution >= 4 is 22.8 Å². The Morgan fingerprint density at radius 1 is 0.960 bits per heavy atom.